The van der Waals surface area contributed by atoms with Crippen LogP contribution in [0.25, 0.3) is 10.9 Å². The van der Waals surface area contributed by atoms with Gasteiger partial charge in [0.1, 0.15) is 5.82 Å². The molecule has 0 amide bonds. The summed E-state index contributed by atoms with van der Waals surface area (Å²) in [5.74, 6) is 1.63. The van der Waals surface area contributed by atoms with Gasteiger partial charge < -0.3 is 4.90 Å². The Bertz CT molecular complexity index is 597. The molecule has 3 heteroatoms. The predicted molar refractivity (Wildman–Crippen MR) is 86.6 cm³/mol. The van der Waals surface area contributed by atoms with Gasteiger partial charge in [0.15, 0.2) is 0 Å². The molecule has 0 saturated carbocycles. The third-order valence-corrected chi connectivity index (χ3v) is 4.57. The summed E-state index contributed by atoms with van der Waals surface area (Å²) in [6.07, 6.45) is 5.17. The van der Waals surface area contributed by atoms with Crippen molar-refractivity contribution in [3.05, 3.63) is 35.9 Å². The number of pyridine rings is 1. The second-order valence-electron chi connectivity index (χ2n) is 5.68. The van der Waals surface area contributed by atoms with Gasteiger partial charge in [-0.15, -0.1) is 11.6 Å². The summed E-state index contributed by atoms with van der Waals surface area (Å²) in [5, 5.41) is 1.17. The van der Waals surface area contributed by atoms with Crippen LogP contribution in [-0.4, -0.2) is 17.6 Å². The summed E-state index contributed by atoms with van der Waals surface area (Å²) < 4.78 is 0. The molecule has 0 spiro atoms. The second-order valence-corrected chi connectivity index (χ2v) is 5.95. The minimum absolute atomic E-state index is 0.540. The summed E-state index contributed by atoms with van der Waals surface area (Å²) in [6.45, 7) is 3.41. The molecule has 0 aliphatic carbocycles. The standard InChI is InChI=1S/C17H21ClN2/c1-13-7-3-2-6-10-20(13)17-11-14(12-18)15-8-4-5-9-16(15)19-17/h4-5,8-9,11,13H,2-3,6-7,10,12H2,1H3. The summed E-state index contributed by atoms with van der Waals surface area (Å²) in [6, 6.07) is 11.0. The number of alkyl halides is 1. The predicted octanol–water partition coefficient (Wildman–Crippen LogP) is 4.74. The minimum atomic E-state index is 0.540. The molecule has 20 heavy (non-hydrogen) atoms. The molecular formula is C17H21ClN2. The minimum Gasteiger partial charge on any atom is -0.354 e. The molecule has 2 nitrogen and oxygen atoms in total. The van der Waals surface area contributed by atoms with Gasteiger partial charge >= 0.3 is 0 Å². The van der Waals surface area contributed by atoms with Crippen LogP contribution in [0.5, 0.6) is 0 Å². The van der Waals surface area contributed by atoms with Crippen molar-refractivity contribution in [3.8, 4) is 0 Å². The van der Waals surface area contributed by atoms with Gasteiger partial charge in [-0.1, -0.05) is 31.0 Å². The molecule has 1 saturated heterocycles. The maximum atomic E-state index is 6.14. The molecule has 3 rings (SSSR count). The number of rotatable bonds is 2. The summed E-state index contributed by atoms with van der Waals surface area (Å²) in [7, 11) is 0. The largest absolute Gasteiger partial charge is 0.354 e. The molecule has 1 fully saturated rings. The first-order valence-corrected chi connectivity index (χ1v) is 8.04. The monoisotopic (exact) mass is 288 g/mol. The number of hydrogen-bond acceptors (Lipinski definition) is 2. The Labute approximate surface area is 125 Å². The highest BCUT2D eigenvalue weighted by atomic mass is 35.5. The van der Waals surface area contributed by atoms with E-state index in [1.54, 1.807) is 0 Å². The van der Waals surface area contributed by atoms with Crippen molar-refractivity contribution in [3.63, 3.8) is 0 Å². The van der Waals surface area contributed by atoms with E-state index in [-0.39, 0.29) is 0 Å². The molecule has 2 aromatic rings. The summed E-state index contributed by atoms with van der Waals surface area (Å²) in [4.78, 5) is 7.32. The quantitative estimate of drug-likeness (QED) is 0.742. The second kappa shape index (κ2) is 6.01. The molecule has 1 aliphatic rings. The number of anilines is 1. The van der Waals surface area contributed by atoms with E-state index in [0.29, 0.717) is 11.9 Å². The summed E-state index contributed by atoms with van der Waals surface area (Å²) >= 11 is 6.14. The first-order chi connectivity index (χ1) is 9.79. The fourth-order valence-electron chi connectivity index (χ4n) is 3.10. The maximum Gasteiger partial charge on any atom is 0.129 e. The van der Waals surface area contributed by atoms with Gasteiger partial charge in [0.2, 0.25) is 0 Å². The van der Waals surface area contributed by atoms with Crippen LogP contribution in [0.1, 0.15) is 38.2 Å². The van der Waals surface area contributed by atoms with Crippen molar-refractivity contribution >= 4 is 28.3 Å². The van der Waals surface area contributed by atoms with Gasteiger partial charge in [-0.3, -0.25) is 0 Å². The molecule has 0 N–H and O–H groups in total. The first kappa shape index (κ1) is 13.7. The van der Waals surface area contributed by atoms with Gasteiger partial charge in [0, 0.05) is 23.9 Å². The van der Waals surface area contributed by atoms with Crippen molar-refractivity contribution < 1.29 is 0 Å². The van der Waals surface area contributed by atoms with E-state index >= 15 is 0 Å². The van der Waals surface area contributed by atoms with Crippen LogP contribution in [0.2, 0.25) is 0 Å². The lowest BCUT2D eigenvalue weighted by molar-refractivity contribution is 0.612. The Kier molecular flexibility index (Phi) is 4.11. The molecule has 0 radical (unpaired) electrons. The van der Waals surface area contributed by atoms with Gasteiger partial charge in [0.05, 0.1) is 5.52 Å². The summed E-state index contributed by atoms with van der Waals surface area (Å²) in [5.41, 5.74) is 2.24. The van der Waals surface area contributed by atoms with Crippen LogP contribution in [0.15, 0.2) is 30.3 Å². The fourth-order valence-corrected chi connectivity index (χ4v) is 3.33. The van der Waals surface area contributed by atoms with E-state index in [9.17, 15) is 0 Å². The fraction of sp³-hybridized carbons (Fsp3) is 0.471. The number of halogens is 1. The average Bonchev–Trinajstić information content (AvgIpc) is 2.70. The van der Waals surface area contributed by atoms with Crippen LogP contribution in [0.4, 0.5) is 5.82 Å². The van der Waals surface area contributed by atoms with E-state index in [4.69, 9.17) is 16.6 Å². The van der Waals surface area contributed by atoms with Gasteiger partial charge in [-0.05, 0) is 37.5 Å². The Morgan fingerprint density at radius 2 is 2.10 bits per heavy atom. The molecule has 1 unspecified atom stereocenters. The molecule has 0 bridgehead atoms. The third kappa shape index (κ3) is 2.62. The topological polar surface area (TPSA) is 16.1 Å². The van der Waals surface area contributed by atoms with Crippen LogP contribution < -0.4 is 4.90 Å². The molecule has 1 atom stereocenters. The van der Waals surface area contributed by atoms with E-state index in [0.717, 1.165) is 17.9 Å². The van der Waals surface area contributed by atoms with E-state index in [2.05, 4.69) is 30.0 Å². The number of aromatic nitrogens is 1. The molecule has 1 aromatic carbocycles. The van der Waals surface area contributed by atoms with E-state index in [1.165, 1.54) is 36.6 Å². The number of nitrogens with zero attached hydrogens (tertiary/aromatic N) is 2. The highest BCUT2D eigenvalue weighted by Gasteiger charge is 2.19. The zero-order chi connectivity index (χ0) is 13.9. The Hall–Kier alpha value is -1.28. The van der Waals surface area contributed by atoms with Crippen LogP contribution >= 0.6 is 11.6 Å². The zero-order valence-electron chi connectivity index (χ0n) is 12.0. The van der Waals surface area contributed by atoms with Gasteiger partial charge in [-0.25, -0.2) is 4.98 Å². The van der Waals surface area contributed by atoms with E-state index < -0.39 is 0 Å². The third-order valence-electron chi connectivity index (χ3n) is 4.28. The van der Waals surface area contributed by atoms with Crippen LogP contribution in [0, 0.1) is 0 Å². The average molecular weight is 289 g/mol. The highest BCUT2D eigenvalue weighted by Crippen LogP contribution is 2.28. The molecule has 2 heterocycles. The van der Waals surface area contributed by atoms with E-state index in [1.807, 2.05) is 12.1 Å². The number of hydrogen-bond donors (Lipinski definition) is 0. The van der Waals surface area contributed by atoms with Crippen molar-refractivity contribution in [1.82, 2.24) is 4.98 Å². The van der Waals surface area contributed by atoms with Crippen molar-refractivity contribution in [2.75, 3.05) is 11.4 Å². The lowest BCUT2D eigenvalue weighted by Gasteiger charge is -2.29. The number of fused-ring (bicyclic) bond motifs is 1. The molecule has 106 valence electrons. The van der Waals surface area contributed by atoms with Gasteiger partial charge in [0.25, 0.3) is 0 Å². The van der Waals surface area contributed by atoms with Crippen molar-refractivity contribution in [2.45, 2.75) is 44.5 Å². The molecule has 1 aromatic heterocycles. The molecular weight excluding hydrogens is 268 g/mol. The molecule has 1 aliphatic heterocycles. The highest BCUT2D eigenvalue weighted by molar-refractivity contribution is 6.18. The Morgan fingerprint density at radius 3 is 2.95 bits per heavy atom. The first-order valence-electron chi connectivity index (χ1n) is 7.51. The lowest BCUT2D eigenvalue weighted by Crippen LogP contribution is -2.33. The van der Waals surface area contributed by atoms with Crippen molar-refractivity contribution in [1.29, 1.82) is 0 Å². The zero-order valence-corrected chi connectivity index (χ0v) is 12.7. The normalized spacial score (nSPS) is 20.1. The Morgan fingerprint density at radius 1 is 1.25 bits per heavy atom. The van der Waals surface area contributed by atoms with Crippen LogP contribution in [-0.2, 0) is 5.88 Å². The number of para-hydroxylation sites is 1. The lowest BCUT2D eigenvalue weighted by atomic mass is 10.1. The Balaban J connectivity index is 2.06. The van der Waals surface area contributed by atoms with Gasteiger partial charge in [-0.2, -0.15) is 0 Å². The van der Waals surface area contributed by atoms with Crippen molar-refractivity contribution in [2.24, 2.45) is 0 Å². The number of benzene rings is 1. The van der Waals surface area contributed by atoms with Crippen LogP contribution in [0.3, 0.4) is 0 Å². The SMILES string of the molecule is CC1CCCCCN1c1cc(CCl)c2ccccc2n1. The smallest absolute Gasteiger partial charge is 0.129 e. The maximum absolute atomic E-state index is 6.14.